The zero-order valence-electron chi connectivity index (χ0n) is 32.1. The minimum atomic E-state index is -0.885. The first-order valence-electron chi connectivity index (χ1n) is 19.4. The zero-order valence-corrected chi connectivity index (χ0v) is 32.1. The molecule has 3 aliphatic rings. The maximum atomic E-state index is 13.9. The second-order valence-corrected chi connectivity index (χ2v) is 15.2. The number of aromatic nitrogens is 5. The number of pyridine rings is 1. The molecular weight excluding hydrogens is 709 g/mol. The van der Waals surface area contributed by atoms with Crippen LogP contribution in [0, 0.1) is 17.8 Å². The summed E-state index contributed by atoms with van der Waals surface area (Å²) in [5.74, 6) is 2.93. The summed E-state index contributed by atoms with van der Waals surface area (Å²) in [5.41, 5.74) is 5.97. The lowest BCUT2D eigenvalue weighted by molar-refractivity contribution is -0.137. The van der Waals surface area contributed by atoms with Gasteiger partial charge in [-0.05, 0) is 85.3 Å². The Kier molecular flexibility index (Phi) is 10.4. The van der Waals surface area contributed by atoms with Gasteiger partial charge in [0.05, 0.1) is 49.0 Å². The van der Waals surface area contributed by atoms with E-state index in [9.17, 15) is 14.4 Å². The normalized spacial score (nSPS) is 22.5. The van der Waals surface area contributed by atoms with Crippen LogP contribution in [0.3, 0.4) is 0 Å². The molecular formula is C43H48N8O5. The third kappa shape index (κ3) is 7.07. The Balaban J connectivity index is 0.935. The molecule has 1 saturated heterocycles. The van der Waals surface area contributed by atoms with Crippen molar-refractivity contribution in [2.75, 3.05) is 32.7 Å². The Labute approximate surface area is 326 Å². The molecule has 0 radical (unpaired) electrons. The molecule has 5 aromatic rings. The predicted molar refractivity (Wildman–Crippen MR) is 211 cm³/mol. The highest BCUT2D eigenvalue weighted by Gasteiger charge is 2.53. The topological polar surface area (TPSA) is 158 Å². The van der Waals surface area contributed by atoms with Gasteiger partial charge in [-0.3, -0.25) is 14.5 Å². The first-order chi connectivity index (χ1) is 27.2. The van der Waals surface area contributed by atoms with Crippen molar-refractivity contribution in [3.05, 3.63) is 97.0 Å². The van der Waals surface area contributed by atoms with Crippen molar-refractivity contribution in [2.45, 2.75) is 63.1 Å². The first-order valence-corrected chi connectivity index (χ1v) is 19.4. The van der Waals surface area contributed by atoms with Gasteiger partial charge in [-0.1, -0.05) is 54.6 Å². The highest BCUT2D eigenvalue weighted by atomic mass is 16.5. The number of aromatic amines is 2. The number of anilines is 1. The Hall–Kier alpha value is -5.82. The largest absolute Gasteiger partial charge is 0.453 e. The van der Waals surface area contributed by atoms with E-state index in [2.05, 4.69) is 73.8 Å². The highest BCUT2D eigenvalue weighted by molar-refractivity contribution is 5.95. The minimum Gasteiger partial charge on any atom is -0.453 e. The molecule has 3 amide bonds. The number of rotatable bonds is 11. The molecule has 2 unspecified atom stereocenters. The third-order valence-corrected chi connectivity index (χ3v) is 12.2. The van der Waals surface area contributed by atoms with E-state index >= 15 is 0 Å². The maximum absolute atomic E-state index is 13.9. The number of carbonyl (C=O) groups is 3. The lowest BCUT2D eigenvalue weighted by Crippen LogP contribution is -2.54. The number of ether oxygens (including phenoxy) is 2. The van der Waals surface area contributed by atoms with Crippen LogP contribution in [0.25, 0.3) is 33.6 Å². The summed E-state index contributed by atoms with van der Waals surface area (Å²) in [6.45, 7) is 2.30. The summed E-state index contributed by atoms with van der Waals surface area (Å²) in [6.07, 6.45) is 9.04. The van der Waals surface area contributed by atoms with Crippen LogP contribution >= 0.6 is 0 Å². The number of imidazole rings is 2. The average Bonchev–Trinajstić information content (AvgIpc) is 4.11. The standard InChI is InChI=1S/C43H48N8O5/c1-25(55-3)38(49-43(54)56-4)42(53)51-21-7-8-34(51)39-45-23-32(47-39)28-14-10-26(11-15-28)27-12-16-29(17-13-27)33-24-46-40(48-33)36-30-18-19-31(22-30)37(36)41(52)50(2)35-9-5-6-20-44-35/h5-6,9-17,20,23-25,30-31,34,36-38H,7-8,18-19,21-22H2,1-4H3,(H,45,47)(H,46,48)(H,49,54)/t25-,30?,31?,34+,36-,37-,38+/m1/s1. The van der Waals surface area contributed by atoms with Crippen LogP contribution in [0.15, 0.2) is 85.3 Å². The van der Waals surface area contributed by atoms with Crippen molar-refractivity contribution < 1.29 is 23.9 Å². The molecule has 2 aliphatic carbocycles. The van der Waals surface area contributed by atoms with Gasteiger partial charge in [0.25, 0.3) is 0 Å². The summed E-state index contributed by atoms with van der Waals surface area (Å²) in [6, 6.07) is 21.3. The van der Waals surface area contributed by atoms with Crippen molar-refractivity contribution in [2.24, 2.45) is 17.8 Å². The summed E-state index contributed by atoms with van der Waals surface area (Å²) in [5, 5.41) is 2.63. The van der Waals surface area contributed by atoms with Crippen molar-refractivity contribution in [1.29, 1.82) is 0 Å². The fourth-order valence-corrected chi connectivity index (χ4v) is 9.11. The second kappa shape index (κ2) is 15.7. The van der Waals surface area contributed by atoms with E-state index in [0.29, 0.717) is 30.0 Å². The molecule has 3 fully saturated rings. The average molecular weight is 757 g/mol. The number of nitrogens with zero attached hydrogens (tertiary/aromatic N) is 5. The first kappa shape index (κ1) is 37.1. The molecule has 8 rings (SSSR count). The Bertz CT molecular complexity index is 2170. The van der Waals surface area contributed by atoms with E-state index in [1.54, 1.807) is 29.1 Å². The van der Waals surface area contributed by atoms with Gasteiger partial charge in [0.1, 0.15) is 23.5 Å². The molecule has 13 heteroatoms. The van der Waals surface area contributed by atoms with Gasteiger partial charge >= 0.3 is 6.09 Å². The molecule has 3 N–H and O–H groups in total. The van der Waals surface area contributed by atoms with E-state index < -0.39 is 18.2 Å². The number of carbonyl (C=O) groups excluding carboxylic acids is 3. The fourth-order valence-electron chi connectivity index (χ4n) is 9.11. The number of H-pyrrole nitrogens is 2. The number of amides is 3. The summed E-state index contributed by atoms with van der Waals surface area (Å²) < 4.78 is 10.2. The van der Waals surface area contributed by atoms with Gasteiger partial charge in [0, 0.05) is 32.8 Å². The van der Waals surface area contributed by atoms with Crippen LogP contribution in [0.4, 0.5) is 10.6 Å². The van der Waals surface area contributed by atoms with Crippen molar-refractivity contribution in [1.82, 2.24) is 35.1 Å². The monoisotopic (exact) mass is 756 g/mol. The zero-order chi connectivity index (χ0) is 38.9. The molecule has 13 nitrogen and oxygen atoms in total. The molecule has 4 heterocycles. The molecule has 0 spiro atoms. The summed E-state index contributed by atoms with van der Waals surface area (Å²) in [7, 11) is 4.60. The van der Waals surface area contributed by atoms with Crippen LogP contribution in [0.1, 0.15) is 62.6 Å². The minimum absolute atomic E-state index is 0.0666. The highest BCUT2D eigenvalue weighted by Crippen LogP contribution is 2.56. The Morgan fingerprint density at radius 1 is 0.821 bits per heavy atom. The fraction of sp³-hybridized carbons (Fsp3) is 0.395. The quantitative estimate of drug-likeness (QED) is 0.134. The van der Waals surface area contributed by atoms with Gasteiger partial charge in [-0.25, -0.2) is 19.7 Å². The number of benzene rings is 2. The van der Waals surface area contributed by atoms with Crippen molar-refractivity contribution >= 4 is 23.7 Å². The summed E-state index contributed by atoms with van der Waals surface area (Å²) in [4.78, 5) is 63.9. The number of likely N-dealkylation sites (tertiary alicyclic amines) is 1. The number of hydrogen-bond donors (Lipinski definition) is 3. The lowest BCUT2D eigenvalue weighted by atomic mass is 9.78. The van der Waals surface area contributed by atoms with Gasteiger partial charge in [0.2, 0.25) is 11.8 Å². The van der Waals surface area contributed by atoms with Gasteiger partial charge in [-0.2, -0.15) is 0 Å². The predicted octanol–water partition coefficient (Wildman–Crippen LogP) is 6.74. The molecule has 56 heavy (non-hydrogen) atoms. The SMILES string of the molecule is COC(=O)N[C@H](C(=O)N1CCC[C@H]1c1ncc(-c2ccc(-c3ccc(-c4cnc([C@@H]5C6CCC(C6)[C@H]5C(=O)N(C)c5ccccn5)[nH]4)cc3)cc2)[nH]1)[C@@H](C)OC. The Morgan fingerprint density at radius 2 is 1.45 bits per heavy atom. The van der Waals surface area contributed by atoms with E-state index in [0.717, 1.165) is 71.6 Å². The molecule has 1 aliphatic heterocycles. The molecule has 2 aromatic carbocycles. The van der Waals surface area contributed by atoms with E-state index in [1.165, 1.54) is 14.2 Å². The number of fused-ring (bicyclic) bond motifs is 2. The molecule has 3 aromatic heterocycles. The lowest BCUT2D eigenvalue weighted by Gasteiger charge is -2.31. The van der Waals surface area contributed by atoms with E-state index in [4.69, 9.17) is 14.5 Å². The van der Waals surface area contributed by atoms with Crippen LogP contribution in [-0.2, 0) is 19.1 Å². The Morgan fingerprint density at radius 3 is 2.07 bits per heavy atom. The van der Waals surface area contributed by atoms with E-state index in [1.807, 2.05) is 31.4 Å². The third-order valence-electron chi connectivity index (χ3n) is 12.2. The smallest absolute Gasteiger partial charge is 0.407 e. The number of alkyl carbamates (subject to hydrolysis) is 1. The molecule has 2 bridgehead atoms. The van der Waals surface area contributed by atoms with Crippen LogP contribution < -0.4 is 10.2 Å². The van der Waals surface area contributed by atoms with Crippen LogP contribution in [0.2, 0.25) is 0 Å². The molecule has 7 atom stereocenters. The van der Waals surface area contributed by atoms with Crippen LogP contribution in [-0.4, -0.2) is 87.7 Å². The van der Waals surface area contributed by atoms with Crippen molar-refractivity contribution in [3.63, 3.8) is 0 Å². The number of methoxy groups -OCH3 is 2. The van der Waals surface area contributed by atoms with Gasteiger partial charge in [-0.15, -0.1) is 0 Å². The number of hydrogen-bond acceptors (Lipinski definition) is 8. The van der Waals surface area contributed by atoms with Crippen LogP contribution in [0.5, 0.6) is 0 Å². The van der Waals surface area contributed by atoms with E-state index in [-0.39, 0.29) is 29.7 Å². The van der Waals surface area contributed by atoms with Gasteiger partial charge < -0.3 is 29.7 Å². The summed E-state index contributed by atoms with van der Waals surface area (Å²) >= 11 is 0. The maximum Gasteiger partial charge on any atom is 0.407 e. The van der Waals surface area contributed by atoms with Crippen molar-refractivity contribution in [3.8, 4) is 33.6 Å². The molecule has 2 saturated carbocycles. The van der Waals surface area contributed by atoms with Gasteiger partial charge in [0.15, 0.2) is 0 Å². The number of nitrogens with one attached hydrogen (secondary N) is 3. The molecule has 290 valence electrons. The second-order valence-electron chi connectivity index (χ2n) is 15.2.